The molecule has 0 aliphatic rings. The van der Waals surface area contributed by atoms with Crippen LogP contribution < -0.4 is 5.73 Å². The molecule has 1 aromatic carbocycles. The van der Waals surface area contributed by atoms with Crippen molar-refractivity contribution in [3.63, 3.8) is 0 Å². The van der Waals surface area contributed by atoms with Crippen molar-refractivity contribution in [2.75, 3.05) is 20.1 Å². The minimum atomic E-state index is -0.126. The van der Waals surface area contributed by atoms with E-state index in [1.807, 2.05) is 13.8 Å². The normalized spacial score (nSPS) is 11.4. The molecule has 100 valence electrons. The Kier molecular flexibility index (Phi) is 4.76. The number of hydrogen-bond donors (Lipinski definition) is 2. The van der Waals surface area contributed by atoms with Gasteiger partial charge in [-0.15, -0.1) is 0 Å². The first-order valence-corrected chi connectivity index (χ1v) is 6.50. The van der Waals surface area contributed by atoms with Crippen LogP contribution in [0.2, 0.25) is 0 Å². The van der Waals surface area contributed by atoms with Crippen molar-refractivity contribution in [3.8, 4) is 5.75 Å². The number of phenols is 1. The predicted octanol–water partition coefficient (Wildman–Crippen LogP) is 2.21. The summed E-state index contributed by atoms with van der Waals surface area (Å²) >= 11 is 3.18. The van der Waals surface area contributed by atoms with Crippen molar-refractivity contribution < 1.29 is 9.90 Å². The molecule has 0 fully saturated rings. The lowest BCUT2D eigenvalue weighted by molar-refractivity contribution is 0.0740. The minimum absolute atomic E-state index is 0.0623. The molecular formula is C13H19BrN2O2. The lowest BCUT2D eigenvalue weighted by atomic mass is 9.93. The number of aromatic hydroxyl groups is 1. The van der Waals surface area contributed by atoms with E-state index in [4.69, 9.17) is 5.73 Å². The summed E-state index contributed by atoms with van der Waals surface area (Å²) in [5, 5.41) is 9.57. The van der Waals surface area contributed by atoms with E-state index in [1.54, 1.807) is 24.1 Å². The molecule has 0 heterocycles. The van der Waals surface area contributed by atoms with Crippen LogP contribution in [0.1, 0.15) is 24.2 Å². The summed E-state index contributed by atoms with van der Waals surface area (Å²) in [7, 11) is 1.73. The van der Waals surface area contributed by atoms with Gasteiger partial charge in [0.2, 0.25) is 0 Å². The van der Waals surface area contributed by atoms with E-state index >= 15 is 0 Å². The molecule has 0 saturated carbocycles. The highest BCUT2D eigenvalue weighted by atomic mass is 79.9. The molecule has 0 saturated heterocycles. The topological polar surface area (TPSA) is 66.6 Å². The second kappa shape index (κ2) is 5.71. The van der Waals surface area contributed by atoms with Gasteiger partial charge < -0.3 is 15.7 Å². The first-order valence-electron chi connectivity index (χ1n) is 5.71. The van der Waals surface area contributed by atoms with Gasteiger partial charge in [0.25, 0.3) is 5.91 Å². The third kappa shape index (κ3) is 3.71. The van der Waals surface area contributed by atoms with Crippen molar-refractivity contribution in [2.45, 2.75) is 13.8 Å². The summed E-state index contributed by atoms with van der Waals surface area (Å²) in [6.45, 7) is 5.10. The fourth-order valence-corrected chi connectivity index (χ4v) is 1.89. The Morgan fingerprint density at radius 3 is 2.61 bits per heavy atom. The molecule has 1 aromatic rings. The van der Waals surface area contributed by atoms with Gasteiger partial charge in [-0.2, -0.15) is 0 Å². The van der Waals surface area contributed by atoms with Crippen molar-refractivity contribution in [1.29, 1.82) is 0 Å². The maximum Gasteiger partial charge on any atom is 0.253 e. The van der Waals surface area contributed by atoms with Crippen LogP contribution in [0.25, 0.3) is 0 Å². The monoisotopic (exact) mass is 314 g/mol. The summed E-state index contributed by atoms with van der Waals surface area (Å²) in [5.74, 6) is -0.0633. The Balaban J connectivity index is 2.83. The number of benzene rings is 1. The average Bonchev–Trinajstić information content (AvgIpc) is 2.31. The van der Waals surface area contributed by atoms with E-state index < -0.39 is 0 Å². The van der Waals surface area contributed by atoms with Crippen LogP contribution in [0.3, 0.4) is 0 Å². The molecule has 0 radical (unpaired) electrons. The highest BCUT2D eigenvalue weighted by molar-refractivity contribution is 9.10. The third-order valence-corrected chi connectivity index (χ3v) is 3.43. The molecule has 0 aromatic heterocycles. The Morgan fingerprint density at radius 1 is 1.50 bits per heavy atom. The van der Waals surface area contributed by atoms with E-state index in [9.17, 15) is 9.90 Å². The smallest absolute Gasteiger partial charge is 0.253 e. The summed E-state index contributed by atoms with van der Waals surface area (Å²) in [6.07, 6.45) is 0. The maximum atomic E-state index is 12.2. The summed E-state index contributed by atoms with van der Waals surface area (Å²) in [5.41, 5.74) is 5.99. The highest BCUT2D eigenvalue weighted by Crippen LogP contribution is 2.25. The van der Waals surface area contributed by atoms with Crippen molar-refractivity contribution in [1.82, 2.24) is 4.90 Å². The molecule has 0 atom stereocenters. The number of hydrogen-bond acceptors (Lipinski definition) is 3. The van der Waals surface area contributed by atoms with E-state index in [-0.39, 0.29) is 17.1 Å². The SMILES string of the molecule is CN(CC(C)(C)CN)C(=O)c1ccc(Br)c(O)c1. The zero-order valence-corrected chi connectivity index (χ0v) is 12.5. The Bertz CT molecular complexity index is 447. The van der Waals surface area contributed by atoms with Gasteiger partial charge in [0.15, 0.2) is 0 Å². The number of phenolic OH excluding ortho intramolecular Hbond substituents is 1. The Hall–Kier alpha value is -1.07. The van der Waals surface area contributed by atoms with Gasteiger partial charge in [-0.3, -0.25) is 4.79 Å². The number of halogens is 1. The number of carbonyl (C=O) groups excluding carboxylic acids is 1. The molecule has 0 spiro atoms. The van der Waals surface area contributed by atoms with Crippen LogP contribution >= 0.6 is 15.9 Å². The van der Waals surface area contributed by atoms with Crippen molar-refractivity contribution in [2.24, 2.45) is 11.1 Å². The second-order valence-electron chi connectivity index (χ2n) is 5.20. The summed E-state index contributed by atoms with van der Waals surface area (Å²) < 4.78 is 0.573. The number of amides is 1. The van der Waals surface area contributed by atoms with Crippen LogP contribution in [-0.2, 0) is 0 Å². The zero-order chi connectivity index (χ0) is 13.9. The van der Waals surface area contributed by atoms with E-state index in [2.05, 4.69) is 15.9 Å². The number of nitrogens with two attached hydrogens (primary N) is 1. The lowest BCUT2D eigenvalue weighted by Gasteiger charge is -2.29. The van der Waals surface area contributed by atoms with Crippen LogP contribution in [0.5, 0.6) is 5.75 Å². The fourth-order valence-electron chi connectivity index (χ4n) is 1.64. The molecule has 5 heteroatoms. The van der Waals surface area contributed by atoms with E-state index in [0.29, 0.717) is 23.1 Å². The molecule has 0 unspecified atom stereocenters. The number of carbonyl (C=O) groups is 1. The Morgan fingerprint density at radius 2 is 2.11 bits per heavy atom. The summed E-state index contributed by atoms with van der Waals surface area (Å²) in [4.78, 5) is 13.8. The van der Waals surface area contributed by atoms with Crippen molar-refractivity contribution in [3.05, 3.63) is 28.2 Å². The van der Waals surface area contributed by atoms with Gasteiger partial charge in [0.05, 0.1) is 4.47 Å². The van der Waals surface area contributed by atoms with Gasteiger partial charge in [0.1, 0.15) is 5.75 Å². The molecule has 18 heavy (non-hydrogen) atoms. The quantitative estimate of drug-likeness (QED) is 0.895. The minimum Gasteiger partial charge on any atom is -0.507 e. The number of nitrogens with zero attached hydrogens (tertiary/aromatic N) is 1. The molecule has 3 N–H and O–H groups in total. The lowest BCUT2D eigenvalue weighted by Crippen LogP contribution is -2.39. The highest BCUT2D eigenvalue weighted by Gasteiger charge is 2.22. The average molecular weight is 315 g/mol. The summed E-state index contributed by atoms with van der Waals surface area (Å²) in [6, 6.07) is 4.79. The molecule has 0 bridgehead atoms. The molecule has 1 rings (SSSR count). The zero-order valence-electron chi connectivity index (χ0n) is 10.9. The Labute approximate surface area is 116 Å². The van der Waals surface area contributed by atoms with Gasteiger partial charge >= 0.3 is 0 Å². The second-order valence-corrected chi connectivity index (χ2v) is 6.05. The first kappa shape index (κ1) is 15.0. The van der Waals surface area contributed by atoms with Crippen molar-refractivity contribution >= 4 is 21.8 Å². The standard InChI is InChI=1S/C13H19BrN2O2/c1-13(2,7-15)8-16(3)12(18)9-4-5-10(14)11(17)6-9/h4-6,17H,7-8,15H2,1-3H3. The predicted molar refractivity (Wildman–Crippen MR) is 75.6 cm³/mol. The molecule has 0 aliphatic carbocycles. The molecule has 1 amide bonds. The molecular weight excluding hydrogens is 296 g/mol. The molecule has 0 aliphatic heterocycles. The third-order valence-electron chi connectivity index (χ3n) is 2.76. The maximum absolute atomic E-state index is 12.2. The first-order chi connectivity index (χ1) is 8.26. The van der Waals surface area contributed by atoms with E-state index in [1.165, 1.54) is 6.07 Å². The van der Waals surface area contributed by atoms with Crippen LogP contribution in [0, 0.1) is 5.41 Å². The fraction of sp³-hybridized carbons (Fsp3) is 0.462. The van der Waals surface area contributed by atoms with Crippen LogP contribution in [-0.4, -0.2) is 36.1 Å². The van der Waals surface area contributed by atoms with E-state index in [0.717, 1.165) is 0 Å². The van der Waals surface area contributed by atoms with Crippen LogP contribution in [0.15, 0.2) is 22.7 Å². The number of rotatable bonds is 4. The van der Waals surface area contributed by atoms with Gasteiger partial charge in [-0.05, 0) is 46.1 Å². The molecule has 4 nitrogen and oxygen atoms in total. The largest absolute Gasteiger partial charge is 0.507 e. The van der Waals surface area contributed by atoms with Gasteiger partial charge in [0, 0.05) is 19.2 Å². The van der Waals surface area contributed by atoms with Crippen LogP contribution in [0.4, 0.5) is 0 Å². The van der Waals surface area contributed by atoms with Gasteiger partial charge in [-0.1, -0.05) is 13.8 Å². The van der Waals surface area contributed by atoms with Gasteiger partial charge in [-0.25, -0.2) is 0 Å².